The quantitative estimate of drug-likeness (QED) is 0.537. The largest absolute Gasteiger partial charge is 0.331 e. The molecule has 0 fully saturated rings. The van der Waals surface area contributed by atoms with Gasteiger partial charge in [-0.2, -0.15) is 0 Å². The van der Waals surface area contributed by atoms with E-state index in [0.717, 1.165) is 22.4 Å². The molecule has 0 spiro atoms. The molecule has 0 saturated heterocycles. The number of hydrogen-bond acceptors (Lipinski definition) is 2. The highest BCUT2D eigenvalue weighted by Crippen LogP contribution is 2.17. The first-order valence-electron chi connectivity index (χ1n) is 5.09. The second-order valence-corrected chi connectivity index (χ2v) is 3.70. The van der Waals surface area contributed by atoms with Gasteiger partial charge in [-0.25, -0.2) is 4.98 Å². The highest BCUT2D eigenvalue weighted by molar-refractivity contribution is 6.24. The predicted molar refractivity (Wildman–Crippen MR) is 63.1 cm³/mol. The number of rotatable bonds is 2. The number of aromatic nitrogens is 2. The molecular formula is C11H13BN2O. The van der Waals surface area contributed by atoms with Crippen molar-refractivity contribution in [3.05, 3.63) is 29.6 Å². The Bertz CT molecular complexity index is 531. The highest BCUT2D eigenvalue weighted by Gasteiger charge is 2.07. The molecule has 0 bridgehead atoms. The number of nitrogens with zero attached hydrogens (tertiary/aromatic N) is 2. The molecule has 3 nitrogen and oxygen atoms in total. The van der Waals surface area contributed by atoms with Crippen molar-refractivity contribution in [1.82, 2.24) is 9.55 Å². The first kappa shape index (κ1) is 9.96. The lowest BCUT2D eigenvalue weighted by Crippen LogP contribution is -1.97. The summed E-state index contributed by atoms with van der Waals surface area (Å²) in [5.41, 5.74) is 2.72. The monoisotopic (exact) mass is 200 g/mol. The third-order valence-electron chi connectivity index (χ3n) is 2.75. The standard InChI is InChI=1S/C11H13BN2O/c1-7-13-9-5-8(11(15)6-12)3-4-10(9)14(7)2/h3-5H,6,12H2,1-2H3. The van der Waals surface area contributed by atoms with Gasteiger partial charge in [-0.15, -0.1) is 0 Å². The zero-order chi connectivity index (χ0) is 11.0. The molecule has 0 saturated carbocycles. The van der Waals surface area contributed by atoms with E-state index in [1.165, 1.54) is 0 Å². The summed E-state index contributed by atoms with van der Waals surface area (Å²) in [5.74, 6) is 1.13. The van der Waals surface area contributed by atoms with Crippen molar-refractivity contribution in [2.24, 2.45) is 7.05 Å². The number of aryl methyl sites for hydroxylation is 2. The second-order valence-electron chi connectivity index (χ2n) is 3.70. The fraction of sp³-hybridized carbons (Fsp3) is 0.273. The molecule has 0 aliphatic carbocycles. The van der Waals surface area contributed by atoms with Crippen molar-refractivity contribution in [3.63, 3.8) is 0 Å². The average molecular weight is 200 g/mol. The van der Waals surface area contributed by atoms with Gasteiger partial charge in [0.15, 0.2) is 5.78 Å². The zero-order valence-corrected chi connectivity index (χ0v) is 9.24. The molecule has 1 aromatic carbocycles. The first-order valence-corrected chi connectivity index (χ1v) is 5.09. The minimum absolute atomic E-state index is 0.167. The van der Waals surface area contributed by atoms with Crippen LogP contribution in [0.25, 0.3) is 11.0 Å². The van der Waals surface area contributed by atoms with E-state index in [9.17, 15) is 4.79 Å². The fourth-order valence-electron chi connectivity index (χ4n) is 1.70. The summed E-state index contributed by atoms with van der Waals surface area (Å²) in [6.07, 6.45) is 0.539. The van der Waals surface area contributed by atoms with Gasteiger partial charge in [0.05, 0.1) is 11.0 Å². The number of imidazole rings is 1. The van der Waals surface area contributed by atoms with Crippen LogP contribution in [-0.4, -0.2) is 23.2 Å². The lowest BCUT2D eigenvalue weighted by atomic mass is 9.96. The van der Waals surface area contributed by atoms with Gasteiger partial charge in [-0.1, -0.05) is 0 Å². The van der Waals surface area contributed by atoms with Crippen LogP contribution in [0.1, 0.15) is 16.2 Å². The van der Waals surface area contributed by atoms with Gasteiger partial charge in [-0.05, 0) is 31.4 Å². The van der Waals surface area contributed by atoms with E-state index in [4.69, 9.17) is 0 Å². The van der Waals surface area contributed by atoms with Crippen LogP contribution in [0.15, 0.2) is 18.2 Å². The van der Waals surface area contributed by atoms with E-state index < -0.39 is 0 Å². The molecule has 4 heteroatoms. The van der Waals surface area contributed by atoms with Crippen molar-refractivity contribution in [3.8, 4) is 0 Å². The Morgan fingerprint density at radius 1 is 1.53 bits per heavy atom. The van der Waals surface area contributed by atoms with Crippen molar-refractivity contribution in [2.75, 3.05) is 0 Å². The summed E-state index contributed by atoms with van der Waals surface area (Å²) >= 11 is 0. The van der Waals surface area contributed by atoms with Crippen LogP contribution in [0.2, 0.25) is 6.32 Å². The number of ketones is 1. The van der Waals surface area contributed by atoms with E-state index in [1.807, 2.05) is 44.6 Å². The molecule has 2 aromatic rings. The maximum absolute atomic E-state index is 11.5. The Morgan fingerprint density at radius 2 is 2.27 bits per heavy atom. The maximum atomic E-state index is 11.5. The maximum Gasteiger partial charge on any atom is 0.155 e. The number of fused-ring (bicyclic) bond motifs is 1. The number of benzene rings is 1. The van der Waals surface area contributed by atoms with Crippen LogP contribution in [0, 0.1) is 6.92 Å². The van der Waals surface area contributed by atoms with Crippen molar-refractivity contribution in [2.45, 2.75) is 13.2 Å². The molecule has 76 valence electrons. The van der Waals surface area contributed by atoms with Crippen molar-refractivity contribution in [1.29, 1.82) is 0 Å². The number of carbonyl (C=O) groups excluding carboxylic acids is 1. The summed E-state index contributed by atoms with van der Waals surface area (Å²) in [7, 11) is 3.85. The lowest BCUT2D eigenvalue weighted by Gasteiger charge is -1.99. The molecule has 15 heavy (non-hydrogen) atoms. The van der Waals surface area contributed by atoms with Gasteiger partial charge in [0.1, 0.15) is 13.7 Å². The van der Waals surface area contributed by atoms with Gasteiger partial charge in [0.2, 0.25) is 0 Å². The topological polar surface area (TPSA) is 34.9 Å². The van der Waals surface area contributed by atoms with E-state index >= 15 is 0 Å². The molecule has 0 atom stereocenters. The van der Waals surface area contributed by atoms with Gasteiger partial charge >= 0.3 is 0 Å². The lowest BCUT2D eigenvalue weighted by molar-refractivity contribution is 0.101. The van der Waals surface area contributed by atoms with Crippen LogP contribution < -0.4 is 0 Å². The Morgan fingerprint density at radius 3 is 2.93 bits per heavy atom. The molecule has 0 radical (unpaired) electrons. The van der Waals surface area contributed by atoms with Crippen molar-refractivity contribution < 1.29 is 4.79 Å². The van der Waals surface area contributed by atoms with Gasteiger partial charge in [0.25, 0.3) is 0 Å². The second kappa shape index (κ2) is 3.53. The fourth-order valence-corrected chi connectivity index (χ4v) is 1.70. The smallest absolute Gasteiger partial charge is 0.155 e. The van der Waals surface area contributed by atoms with Crippen LogP contribution >= 0.6 is 0 Å². The van der Waals surface area contributed by atoms with Crippen molar-refractivity contribution >= 4 is 24.7 Å². The van der Waals surface area contributed by atoms with E-state index in [-0.39, 0.29) is 5.78 Å². The van der Waals surface area contributed by atoms with Crippen LogP contribution in [0.5, 0.6) is 0 Å². The first-order chi connectivity index (χ1) is 7.13. The molecule has 0 aliphatic rings. The molecule has 0 unspecified atom stereocenters. The third-order valence-corrected chi connectivity index (χ3v) is 2.75. The molecular weight excluding hydrogens is 187 g/mol. The number of carbonyl (C=O) groups is 1. The summed E-state index contributed by atoms with van der Waals surface area (Å²) in [6.45, 7) is 1.96. The average Bonchev–Trinajstić information content (AvgIpc) is 2.53. The van der Waals surface area contributed by atoms with E-state index in [2.05, 4.69) is 4.98 Å². The predicted octanol–water partition coefficient (Wildman–Crippen LogP) is 1.12. The van der Waals surface area contributed by atoms with E-state index in [1.54, 1.807) is 0 Å². The Hall–Kier alpha value is -1.58. The Labute approximate surface area is 89.5 Å². The minimum atomic E-state index is 0.167. The molecule has 0 amide bonds. The normalized spacial score (nSPS) is 10.8. The highest BCUT2D eigenvalue weighted by atomic mass is 16.1. The Balaban J connectivity index is 2.62. The zero-order valence-electron chi connectivity index (χ0n) is 9.24. The Kier molecular flexibility index (Phi) is 2.35. The number of hydrogen-bond donors (Lipinski definition) is 0. The van der Waals surface area contributed by atoms with E-state index in [0.29, 0.717) is 6.32 Å². The van der Waals surface area contributed by atoms with Gasteiger partial charge in [0, 0.05) is 12.6 Å². The molecule has 0 aliphatic heterocycles. The van der Waals surface area contributed by atoms with Crippen LogP contribution in [-0.2, 0) is 7.05 Å². The molecule has 1 heterocycles. The van der Waals surface area contributed by atoms with Gasteiger partial charge in [-0.3, -0.25) is 4.79 Å². The summed E-state index contributed by atoms with van der Waals surface area (Å²) in [6, 6.07) is 5.70. The number of Topliss-reactive ketones (excluding diaryl/α,β-unsaturated/α-hetero) is 1. The van der Waals surface area contributed by atoms with Crippen LogP contribution in [0.3, 0.4) is 0 Å². The summed E-state index contributed by atoms with van der Waals surface area (Å²) in [4.78, 5) is 15.9. The third kappa shape index (κ3) is 1.56. The SMILES string of the molecule is BCC(=O)c1ccc2c(c1)nc(C)n2C. The summed E-state index contributed by atoms with van der Waals surface area (Å²) in [5, 5.41) is 0. The van der Waals surface area contributed by atoms with Crippen LogP contribution in [0.4, 0.5) is 0 Å². The minimum Gasteiger partial charge on any atom is -0.331 e. The molecule has 1 aromatic heterocycles. The summed E-state index contributed by atoms with van der Waals surface area (Å²) < 4.78 is 2.02. The molecule has 0 N–H and O–H groups in total. The van der Waals surface area contributed by atoms with Gasteiger partial charge < -0.3 is 4.57 Å². The molecule has 2 rings (SSSR count).